The Hall–Kier alpha value is -0.370. The molecule has 0 aliphatic heterocycles. The topological polar surface area (TPSA) is 71.1 Å². The minimum Gasteiger partial charge on any atom is -0.269 e. The molecule has 0 saturated carbocycles. The number of hydrogen-bond donors (Lipinski definition) is 2. The third-order valence-corrected chi connectivity index (χ3v) is 3.86. The molecule has 0 aliphatic rings. The van der Waals surface area contributed by atoms with E-state index in [4.69, 9.17) is 11.6 Å². The number of halogens is 2. The average Bonchev–Trinajstić information content (AvgIpc) is 2.08. The number of aromatic nitrogens is 1. The molecule has 0 atom stereocenters. The minimum absolute atomic E-state index is 0.179. The van der Waals surface area contributed by atoms with E-state index in [2.05, 4.69) is 30.4 Å². The quantitative estimate of drug-likeness (QED) is 0.832. The Labute approximate surface area is 108 Å². The molecule has 0 bridgehead atoms. The van der Waals surface area contributed by atoms with Crippen molar-refractivity contribution in [3.05, 3.63) is 21.9 Å². The molecule has 1 heterocycles. The fraction of sp³-hybridized carbons (Fsp3) is 0.375. The Morgan fingerprint density at radius 1 is 1.50 bits per heavy atom. The zero-order chi connectivity index (χ0) is 12.3. The van der Waals surface area contributed by atoms with E-state index in [1.54, 1.807) is 13.8 Å². The summed E-state index contributed by atoms with van der Waals surface area (Å²) in [5.74, 6) is 0. The zero-order valence-corrected chi connectivity index (χ0v) is 11.8. The lowest BCUT2D eigenvalue weighted by Gasteiger charge is -2.11. The molecule has 90 valence electrons. The van der Waals surface area contributed by atoms with Crippen LogP contribution in [0.1, 0.15) is 13.8 Å². The smallest absolute Gasteiger partial charge is 0.269 e. The van der Waals surface area contributed by atoms with Gasteiger partial charge in [0.1, 0.15) is 5.15 Å². The normalized spacial score (nSPS) is 11.8. The van der Waals surface area contributed by atoms with Crippen LogP contribution in [0.3, 0.4) is 0 Å². The van der Waals surface area contributed by atoms with Crippen LogP contribution in [0.4, 0.5) is 5.69 Å². The molecular formula is C8H11BrClN3O2S. The first kappa shape index (κ1) is 13.7. The molecule has 0 aromatic carbocycles. The summed E-state index contributed by atoms with van der Waals surface area (Å²) in [7, 11) is -3.57. The monoisotopic (exact) mass is 327 g/mol. The van der Waals surface area contributed by atoms with Crippen molar-refractivity contribution in [3.8, 4) is 0 Å². The first-order valence-corrected chi connectivity index (χ1v) is 7.06. The van der Waals surface area contributed by atoms with Gasteiger partial charge < -0.3 is 0 Å². The van der Waals surface area contributed by atoms with Crippen molar-refractivity contribution < 1.29 is 8.42 Å². The third-order valence-electron chi connectivity index (χ3n) is 1.44. The fourth-order valence-electron chi connectivity index (χ4n) is 0.972. The van der Waals surface area contributed by atoms with E-state index in [-0.39, 0.29) is 11.2 Å². The van der Waals surface area contributed by atoms with Crippen molar-refractivity contribution >= 4 is 43.4 Å². The molecule has 0 aliphatic carbocycles. The molecule has 0 fully saturated rings. The molecular weight excluding hydrogens is 318 g/mol. The molecule has 16 heavy (non-hydrogen) atoms. The summed E-state index contributed by atoms with van der Waals surface area (Å²) in [6, 6.07) is 1.36. The number of hydrogen-bond acceptors (Lipinski definition) is 3. The predicted octanol–water partition coefficient (Wildman–Crippen LogP) is 2.15. The second-order valence-electron chi connectivity index (χ2n) is 3.37. The van der Waals surface area contributed by atoms with Crippen LogP contribution in [-0.4, -0.2) is 19.4 Å². The molecule has 0 saturated heterocycles. The van der Waals surface area contributed by atoms with E-state index >= 15 is 0 Å². The summed E-state index contributed by atoms with van der Waals surface area (Å²) in [4.78, 5) is 3.81. The standard InChI is InChI=1S/C8H11BrClN3O2S/c1-5(2)12-16(14,15)13-6-3-7(9)8(10)11-4-6/h3-5,12-13H,1-2H3. The van der Waals surface area contributed by atoms with Crippen molar-refractivity contribution in [1.29, 1.82) is 0 Å². The maximum atomic E-state index is 11.5. The summed E-state index contributed by atoms with van der Waals surface area (Å²) in [6.07, 6.45) is 1.34. The fourth-order valence-corrected chi connectivity index (χ4v) is 2.53. The summed E-state index contributed by atoms with van der Waals surface area (Å²) in [6.45, 7) is 3.46. The van der Waals surface area contributed by atoms with Crippen molar-refractivity contribution in [3.63, 3.8) is 0 Å². The molecule has 8 heteroatoms. The highest BCUT2D eigenvalue weighted by molar-refractivity contribution is 9.10. The number of nitrogens with zero attached hydrogens (tertiary/aromatic N) is 1. The Balaban J connectivity index is 2.84. The van der Waals surface area contributed by atoms with Crippen LogP contribution in [0.2, 0.25) is 5.15 Å². The van der Waals surface area contributed by atoms with E-state index in [1.807, 2.05) is 0 Å². The van der Waals surface area contributed by atoms with Gasteiger partial charge in [-0.2, -0.15) is 13.1 Å². The van der Waals surface area contributed by atoms with Gasteiger partial charge in [0, 0.05) is 6.04 Å². The molecule has 0 spiro atoms. The lowest BCUT2D eigenvalue weighted by atomic mass is 10.4. The summed E-state index contributed by atoms with van der Waals surface area (Å²) < 4.78 is 28.3. The summed E-state index contributed by atoms with van der Waals surface area (Å²) >= 11 is 8.84. The Morgan fingerprint density at radius 3 is 2.62 bits per heavy atom. The van der Waals surface area contributed by atoms with Crippen molar-refractivity contribution in [2.45, 2.75) is 19.9 Å². The third kappa shape index (κ3) is 4.25. The van der Waals surface area contributed by atoms with Gasteiger partial charge in [0.05, 0.1) is 16.4 Å². The lowest BCUT2D eigenvalue weighted by molar-refractivity contribution is 0.575. The molecule has 0 radical (unpaired) electrons. The molecule has 1 rings (SSSR count). The number of rotatable bonds is 4. The molecule has 5 nitrogen and oxygen atoms in total. The average molecular weight is 329 g/mol. The lowest BCUT2D eigenvalue weighted by Crippen LogP contribution is -2.35. The molecule has 2 N–H and O–H groups in total. The second kappa shape index (κ2) is 5.31. The Bertz CT molecular complexity index is 478. The van der Waals surface area contributed by atoms with Crippen LogP contribution < -0.4 is 9.44 Å². The zero-order valence-electron chi connectivity index (χ0n) is 8.66. The predicted molar refractivity (Wildman–Crippen MR) is 67.8 cm³/mol. The largest absolute Gasteiger partial charge is 0.299 e. The van der Waals surface area contributed by atoms with Crippen molar-refractivity contribution in [2.24, 2.45) is 0 Å². The van der Waals surface area contributed by atoms with Crippen LogP contribution in [-0.2, 0) is 10.2 Å². The number of pyridine rings is 1. The van der Waals surface area contributed by atoms with E-state index in [0.717, 1.165) is 0 Å². The van der Waals surface area contributed by atoms with Gasteiger partial charge in [-0.05, 0) is 35.8 Å². The maximum absolute atomic E-state index is 11.5. The summed E-state index contributed by atoms with van der Waals surface area (Å²) in [5, 5.41) is 0.278. The highest BCUT2D eigenvalue weighted by atomic mass is 79.9. The molecule has 0 unspecified atom stereocenters. The van der Waals surface area contributed by atoms with Crippen LogP contribution in [0.5, 0.6) is 0 Å². The van der Waals surface area contributed by atoms with E-state index in [1.165, 1.54) is 12.3 Å². The van der Waals surface area contributed by atoms with Crippen LogP contribution in [0, 0.1) is 0 Å². The van der Waals surface area contributed by atoms with Gasteiger partial charge in [0.25, 0.3) is 10.2 Å². The molecule has 1 aromatic heterocycles. The number of anilines is 1. The van der Waals surface area contributed by atoms with Crippen LogP contribution >= 0.6 is 27.5 Å². The Morgan fingerprint density at radius 2 is 2.12 bits per heavy atom. The van der Waals surface area contributed by atoms with Gasteiger partial charge in [-0.25, -0.2) is 4.98 Å². The molecule has 1 aromatic rings. The highest BCUT2D eigenvalue weighted by Gasteiger charge is 2.12. The Kier molecular flexibility index (Phi) is 4.54. The molecule has 0 amide bonds. The van der Waals surface area contributed by atoms with Gasteiger partial charge in [0.15, 0.2) is 0 Å². The second-order valence-corrected chi connectivity index (χ2v) is 6.03. The summed E-state index contributed by atoms with van der Waals surface area (Å²) in [5.41, 5.74) is 0.337. The van der Waals surface area contributed by atoms with Crippen LogP contribution in [0.25, 0.3) is 0 Å². The van der Waals surface area contributed by atoms with Gasteiger partial charge in [-0.3, -0.25) is 4.72 Å². The van der Waals surface area contributed by atoms with E-state index in [9.17, 15) is 8.42 Å². The highest BCUT2D eigenvalue weighted by Crippen LogP contribution is 2.23. The van der Waals surface area contributed by atoms with Gasteiger partial charge in [0.2, 0.25) is 0 Å². The first-order valence-electron chi connectivity index (χ1n) is 4.41. The van der Waals surface area contributed by atoms with Gasteiger partial charge >= 0.3 is 0 Å². The maximum Gasteiger partial charge on any atom is 0.299 e. The van der Waals surface area contributed by atoms with Gasteiger partial charge in [-0.1, -0.05) is 11.6 Å². The van der Waals surface area contributed by atoms with Crippen molar-refractivity contribution in [1.82, 2.24) is 9.71 Å². The van der Waals surface area contributed by atoms with E-state index in [0.29, 0.717) is 10.2 Å². The number of nitrogens with one attached hydrogen (secondary N) is 2. The van der Waals surface area contributed by atoms with E-state index < -0.39 is 10.2 Å². The van der Waals surface area contributed by atoms with Crippen molar-refractivity contribution in [2.75, 3.05) is 4.72 Å². The van der Waals surface area contributed by atoms with Crippen LogP contribution in [0.15, 0.2) is 16.7 Å². The minimum atomic E-state index is -3.57. The van der Waals surface area contributed by atoms with Gasteiger partial charge in [-0.15, -0.1) is 0 Å². The first-order chi connectivity index (χ1) is 7.30. The SMILES string of the molecule is CC(C)NS(=O)(=O)Nc1cnc(Cl)c(Br)c1.